The average Bonchev–Trinajstić information content (AvgIpc) is 2.47. The summed E-state index contributed by atoms with van der Waals surface area (Å²) >= 11 is 0. The number of nitrogens with one attached hydrogen (secondary N) is 2. The SMILES string of the molecule is CCCNc1cc(C(=O)NC2CCC2)c2ccccc2n1. The second-order valence-electron chi connectivity index (χ2n) is 5.60. The van der Waals surface area contributed by atoms with Gasteiger partial charge in [-0.05, 0) is 37.8 Å². The number of pyridine rings is 1. The number of fused-ring (bicyclic) bond motifs is 1. The van der Waals surface area contributed by atoms with Crippen molar-refractivity contribution in [2.24, 2.45) is 0 Å². The summed E-state index contributed by atoms with van der Waals surface area (Å²) in [7, 11) is 0. The van der Waals surface area contributed by atoms with Crippen molar-refractivity contribution in [2.75, 3.05) is 11.9 Å². The van der Waals surface area contributed by atoms with E-state index in [4.69, 9.17) is 0 Å². The standard InChI is InChI=1S/C17H21N3O/c1-2-10-18-16-11-14(17(21)19-12-6-5-7-12)13-8-3-4-9-15(13)20-16/h3-4,8-9,11-12H,2,5-7,10H2,1H3,(H,18,20)(H,19,21). The quantitative estimate of drug-likeness (QED) is 0.885. The second kappa shape index (κ2) is 6.12. The number of nitrogens with zero attached hydrogens (tertiary/aromatic N) is 1. The van der Waals surface area contributed by atoms with Gasteiger partial charge in [0, 0.05) is 18.0 Å². The van der Waals surface area contributed by atoms with E-state index in [1.165, 1.54) is 6.42 Å². The Morgan fingerprint density at radius 1 is 1.33 bits per heavy atom. The van der Waals surface area contributed by atoms with Crippen molar-refractivity contribution in [1.29, 1.82) is 0 Å². The summed E-state index contributed by atoms with van der Waals surface area (Å²) < 4.78 is 0. The van der Waals surface area contributed by atoms with Crippen LogP contribution in [0.1, 0.15) is 43.0 Å². The minimum Gasteiger partial charge on any atom is -0.370 e. The van der Waals surface area contributed by atoms with Crippen molar-refractivity contribution in [3.8, 4) is 0 Å². The molecule has 0 unspecified atom stereocenters. The number of aromatic nitrogens is 1. The van der Waals surface area contributed by atoms with Crippen LogP contribution in [-0.4, -0.2) is 23.5 Å². The highest BCUT2D eigenvalue weighted by molar-refractivity contribution is 6.07. The van der Waals surface area contributed by atoms with Crippen LogP contribution >= 0.6 is 0 Å². The van der Waals surface area contributed by atoms with Gasteiger partial charge >= 0.3 is 0 Å². The third-order valence-electron chi connectivity index (χ3n) is 3.96. The lowest BCUT2D eigenvalue weighted by molar-refractivity contribution is 0.0918. The highest BCUT2D eigenvalue weighted by Gasteiger charge is 2.21. The fraction of sp³-hybridized carbons (Fsp3) is 0.412. The first-order valence-corrected chi connectivity index (χ1v) is 7.72. The van der Waals surface area contributed by atoms with Gasteiger partial charge in [-0.25, -0.2) is 4.98 Å². The molecular weight excluding hydrogens is 262 g/mol. The van der Waals surface area contributed by atoms with E-state index < -0.39 is 0 Å². The van der Waals surface area contributed by atoms with E-state index >= 15 is 0 Å². The zero-order valence-electron chi connectivity index (χ0n) is 12.4. The number of benzene rings is 1. The van der Waals surface area contributed by atoms with Gasteiger partial charge in [0.15, 0.2) is 0 Å². The molecular formula is C17H21N3O. The Morgan fingerprint density at radius 2 is 2.14 bits per heavy atom. The molecule has 21 heavy (non-hydrogen) atoms. The molecule has 0 spiro atoms. The number of hydrogen-bond donors (Lipinski definition) is 2. The van der Waals surface area contributed by atoms with Crippen molar-refractivity contribution in [2.45, 2.75) is 38.6 Å². The van der Waals surface area contributed by atoms with E-state index in [1.54, 1.807) is 0 Å². The van der Waals surface area contributed by atoms with Gasteiger partial charge in [-0.3, -0.25) is 4.79 Å². The van der Waals surface area contributed by atoms with Gasteiger partial charge in [0.2, 0.25) is 0 Å². The first-order valence-electron chi connectivity index (χ1n) is 7.72. The molecule has 0 atom stereocenters. The number of amides is 1. The smallest absolute Gasteiger partial charge is 0.252 e. The summed E-state index contributed by atoms with van der Waals surface area (Å²) in [6, 6.07) is 10.0. The molecule has 1 fully saturated rings. The first-order chi connectivity index (χ1) is 10.3. The summed E-state index contributed by atoms with van der Waals surface area (Å²) in [5.41, 5.74) is 1.57. The van der Waals surface area contributed by atoms with Gasteiger partial charge < -0.3 is 10.6 Å². The molecule has 0 radical (unpaired) electrons. The third kappa shape index (κ3) is 2.99. The van der Waals surface area contributed by atoms with Crippen LogP contribution in [0.3, 0.4) is 0 Å². The van der Waals surface area contributed by atoms with Gasteiger partial charge in [0.1, 0.15) is 5.82 Å². The molecule has 2 N–H and O–H groups in total. The molecule has 1 amide bonds. The maximum absolute atomic E-state index is 12.5. The van der Waals surface area contributed by atoms with Crippen LogP contribution in [0, 0.1) is 0 Å². The van der Waals surface area contributed by atoms with Gasteiger partial charge in [-0.15, -0.1) is 0 Å². The lowest BCUT2D eigenvalue weighted by atomic mass is 9.93. The molecule has 110 valence electrons. The number of carbonyl (C=O) groups is 1. The lowest BCUT2D eigenvalue weighted by Crippen LogP contribution is -2.39. The normalized spacial score (nSPS) is 14.7. The molecule has 1 heterocycles. The van der Waals surface area contributed by atoms with Crippen molar-refractivity contribution >= 4 is 22.6 Å². The Hall–Kier alpha value is -2.10. The highest BCUT2D eigenvalue weighted by Crippen LogP contribution is 2.23. The van der Waals surface area contributed by atoms with Crippen LogP contribution in [0.25, 0.3) is 10.9 Å². The topological polar surface area (TPSA) is 54.0 Å². The Bertz CT molecular complexity index is 650. The maximum atomic E-state index is 12.5. The van der Waals surface area contributed by atoms with Gasteiger partial charge in [-0.2, -0.15) is 0 Å². The fourth-order valence-electron chi connectivity index (χ4n) is 2.52. The molecule has 0 aliphatic heterocycles. The molecule has 4 nitrogen and oxygen atoms in total. The molecule has 0 saturated heterocycles. The predicted molar refractivity (Wildman–Crippen MR) is 85.6 cm³/mol. The van der Waals surface area contributed by atoms with E-state index in [9.17, 15) is 4.79 Å². The molecule has 4 heteroatoms. The highest BCUT2D eigenvalue weighted by atomic mass is 16.1. The Morgan fingerprint density at radius 3 is 2.86 bits per heavy atom. The second-order valence-corrected chi connectivity index (χ2v) is 5.60. The Labute approximate surface area is 125 Å². The van der Waals surface area contributed by atoms with Crippen LogP contribution in [0.2, 0.25) is 0 Å². The van der Waals surface area contributed by atoms with E-state index in [0.29, 0.717) is 11.6 Å². The van der Waals surface area contributed by atoms with Crippen LogP contribution in [0.5, 0.6) is 0 Å². The monoisotopic (exact) mass is 283 g/mol. The fourth-order valence-corrected chi connectivity index (χ4v) is 2.52. The lowest BCUT2D eigenvalue weighted by Gasteiger charge is -2.26. The molecule has 2 aromatic rings. The van der Waals surface area contributed by atoms with Crippen LogP contribution in [0.15, 0.2) is 30.3 Å². The molecule has 1 aromatic heterocycles. The summed E-state index contributed by atoms with van der Waals surface area (Å²) in [5, 5.41) is 7.30. The zero-order valence-corrected chi connectivity index (χ0v) is 12.4. The van der Waals surface area contributed by atoms with Crippen molar-refractivity contribution in [1.82, 2.24) is 10.3 Å². The summed E-state index contributed by atoms with van der Waals surface area (Å²) in [5.74, 6) is 0.784. The molecule has 3 rings (SSSR count). The largest absolute Gasteiger partial charge is 0.370 e. The van der Waals surface area contributed by atoms with Crippen LogP contribution in [-0.2, 0) is 0 Å². The van der Waals surface area contributed by atoms with E-state index in [1.807, 2.05) is 30.3 Å². The first kappa shape index (κ1) is 13.9. The Balaban J connectivity index is 1.94. The van der Waals surface area contributed by atoms with Gasteiger partial charge in [-0.1, -0.05) is 25.1 Å². The minimum atomic E-state index is 0.0119. The van der Waals surface area contributed by atoms with Gasteiger partial charge in [0.25, 0.3) is 5.91 Å². The molecule has 1 saturated carbocycles. The van der Waals surface area contributed by atoms with E-state index in [-0.39, 0.29) is 5.91 Å². The molecule has 1 aromatic carbocycles. The summed E-state index contributed by atoms with van der Waals surface area (Å²) in [6.07, 6.45) is 4.43. The summed E-state index contributed by atoms with van der Waals surface area (Å²) in [6.45, 7) is 2.97. The minimum absolute atomic E-state index is 0.0119. The van der Waals surface area contributed by atoms with Gasteiger partial charge in [0.05, 0.1) is 11.1 Å². The Kier molecular flexibility index (Phi) is 4.04. The van der Waals surface area contributed by atoms with Crippen molar-refractivity contribution in [3.05, 3.63) is 35.9 Å². The van der Waals surface area contributed by atoms with E-state index in [0.717, 1.165) is 42.5 Å². The predicted octanol–water partition coefficient (Wildman–Crippen LogP) is 3.34. The molecule has 1 aliphatic rings. The van der Waals surface area contributed by atoms with E-state index in [2.05, 4.69) is 22.5 Å². The number of para-hydroxylation sites is 1. The molecule has 1 aliphatic carbocycles. The number of anilines is 1. The number of carbonyl (C=O) groups excluding carboxylic acids is 1. The maximum Gasteiger partial charge on any atom is 0.252 e. The van der Waals surface area contributed by atoms with Crippen LogP contribution in [0.4, 0.5) is 5.82 Å². The average molecular weight is 283 g/mol. The zero-order chi connectivity index (χ0) is 14.7. The third-order valence-corrected chi connectivity index (χ3v) is 3.96. The van der Waals surface area contributed by atoms with Crippen molar-refractivity contribution in [3.63, 3.8) is 0 Å². The van der Waals surface area contributed by atoms with Crippen molar-refractivity contribution < 1.29 is 4.79 Å². The van der Waals surface area contributed by atoms with Crippen LogP contribution < -0.4 is 10.6 Å². The number of rotatable bonds is 5. The summed E-state index contributed by atoms with van der Waals surface area (Å²) in [4.78, 5) is 17.1. The molecule has 0 bridgehead atoms. The number of hydrogen-bond acceptors (Lipinski definition) is 3.